The Morgan fingerprint density at radius 1 is 1.06 bits per heavy atom. The largest absolute Gasteiger partial charge is 0.0890 e. The predicted octanol–water partition coefficient (Wildman–Crippen LogP) is 5.85. The molecular weight excluding hydrogens is 236 g/mol. The zero-order valence-corrected chi connectivity index (χ0v) is 12.3. The van der Waals surface area contributed by atoms with Crippen molar-refractivity contribution in [1.82, 2.24) is 0 Å². The van der Waals surface area contributed by atoms with Crippen LogP contribution in [0.25, 0.3) is 0 Å². The van der Waals surface area contributed by atoms with Gasteiger partial charge in [-0.25, -0.2) is 0 Å². The van der Waals surface area contributed by atoms with Crippen molar-refractivity contribution in [1.29, 1.82) is 0 Å². The van der Waals surface area contributed by atoms with Gasteiger partial charge < -0.3 is 0 Å². The van der Waals surface area contributed by atoms with Crippen molar-refractivity contribution in [2.24, 2.45) is 5.92 Å². The summed E-state index contributed by atoms with van der Waals surface area (Å²) in [7, 11) is 0. The van der Waals surface area contributed by atoms with Crippen molar-refractivity contribution in [2.45, 2.75) is 63.5 Å². The molecule has 99 valence electrons. The molecule has 0 heterocycles. The van der Waals surface area contributed by atoms with Gasteiger partial charge in [0.05, 0.1) is 0 Å². The summed E-state index contributed by atoms with van der Waals surface area (Å²) >= 11 is 5.07. The molecule has 1 radical (unpaired) electrons. The Kier molecular flexibility index (Phi) is 5.62. The van der Waals surface area contributed by atoms with Gasteiger partial charge in [-0.1, -0.05) is 63.1 Å². The van der Waals surface area contributed by atoms with Gasteiger partial charge in [0, 0.05) is 5.75 Å². The van der Waals surface area contributed by atoms with Gasteiger partial charge in [-0.2, -0.15) is 0 Å². The van der Waals surface area contributed by atoms with Crippen molar-refractivity contribution >= 4 is 12.6 Å². The van der Waals surface area contributed by atoms with E-state index >= 15 is 0 Å². The summed E-state index contributed by atoms with van der Waals surface area (Å²) in [6.07, 6.45) is 9.88. The van der Waals surface area contributed by atoms with Crippen LogP contribution in [0.5, 0.6) is 0 Å². The van der Waals surface area contributed by atoms with E-state index in [0.717, 1.165) is 17.6 Å². The molecule has 1 aromatic rings. The fourth-order valence-corrected chi connectivity index (χ4v) is 3.36. The van der Waals surface area contributed by atoms with Crippen LogP contribution >= 0.6 is 12.6 Å². The standard InChI is InChI=1S/C17H25S/c1-2-3-4-14-5-9-16(10-6-14)17-11-7-15(13-18)8-12-17/h7-8,11-12,14,16H,2-6,9-10,13H2,1H3. The van der Waals surface area contributed by atoms with E-state index in [1.165, 1.54) is 56.1 Å². The highest BCUT2D eigenvalue weighted by Crippen LogP contribution is 2.37. The second-order valence-corrected chi connectivity index (χ2v) is 6.03. The monoisotopic (exact) mass is 261 g/mol. The molecule has 18 heavy (non-hydrogen) atoms. The zero-order valence-electron chi connectivity index (χ0n) is 11.5. The highest BCUT2D eigenvalue weighted by molar-refractivity contribution is 7.79. The lowest BCUT2D eigenvalue weighted by atomic mass is 9.77. The SMILES string of the molecule is CCCCC1CCC(c2ccc(C[S])cc2)CC1. The van der Waals surface area contributed by atoms with E-state index in [9.17, 15) is 0 Å². The van der Waals surface area contributed by atoms with Gasteiger partial charge in [0.2, 0.25) is 0 Å². The zero-order chi connectivity index (χ0) is 12.8. The number of hydrogen-bond donors (Lipinski definition) is 0. The molecule has 0 saturated heterocycles. The van der Waals surface area contributed by atoms with Crippen LogP contribution < -0.4 is 0 Å². The van der Waals surface area contributed by atoms with Crippen LogP contribution in [0, 0.1) is 5.92 Å². The third kappa shape index (κ3) is 3.78. The normalized spacial score (nSPS) is 24.1. The van der Waals surface area contributed by atoms with Crippen molar-refractivity contribution in [2.75, 3.05) is 0 Å². The van der Waals surface area contributed by atoms with Gasteiger partial charge >= 0.3 is 0 Å². The van der Waals surface area contributed by atoms with E-state index in [-0.39, 0.29) is 0 Å². The van der Waals surface area contributed by atoms with Crippen LogP contribution in [-0.2, 0) is 5.75 Å². The number of hydrogen-bond acceptors (Lipinski definition) is 0. The molecule has 0 amide bonds. The van der Waals surface area contributed by atoms with Crippen LogP contribution in [0.2, 0.25) is 0 Å². The van der Waals surface area contributed by atoms with E-state index in [0.29, 0.717) is 0 Å². The molecule has 1 fully saturated rings. The molecule has 0 aromatic heterocycles. The maximum absolute atomic E-state index is 5.07. The van der Waals surface area contributed by atoms with Gasteiger partial charge in [-0.05, 0) is 48.6 Å². The average molecular weight is 261 g/mol. The Balaban J connectivity index is 1.84. The van der Waals surface area contributed by atoms with Crippen molar-refractivity contribution < 1.29 is 0 Å². The first-order chi connectivity index (χ1) is 8.83. The van der Waals surface area contributed by atoms with Gasteiger partial charge in [0.15, 0.2) is 0 Å². The second kappa shape index (κ2) is 7.23. The smallest absolute Gasteiger partial charge is 0.0288 e. The van der Waals surface area contributed by atoms with Crippen LogP contribution in [0.15, 0.2) is 24.3 Å². The third-order valence-electron chi connectivity index (χ3n) is 4.43. The molecule has 0 aliphatic heterocycles. The van der Waals surface area contributed by atoms with Crippen LogP contribution in [0.1, 0.15) is 68.9 Å². The van der Waals surface area contributed by atoms with E-state index in [1.54, 1.807) is 0 Å². The van der Waals surface area contributed by atoms with Crippen LogP contribution in [0.3, 0.4) is 0 Å². The molecule has 0 spiro atoms. The van der Waals surface area contributed by atoms with Gasteiger partial charge in [0.1, 0.15) is 0 Å². The molecule has 0 nitrogen and oxygen atoms in total. The summed E-state index contributed by atoms with van der Waals surface area (Å²) in [5.74, 6) is 2.56. The summed E-state index contributed by atoms with van der Waals surface area (Å²) in [5, 5.41) is 0. The Morgan fingerprint density at radius 3 is 2.28 bits per heavy atom. The predicted molar refractivity (Wildman–Crippen MR) is 82.0 cm³/mol. The average Bonchev–Trinajstić information content (AvgIpc) is 2.46. The van der Waals surface area contributed by atoms with E-state index < -0.39 is 0 Å². The van der Waals surface area contributed by atoms with Crippen molar-refractivity contribution in [3.8, 4) is 0 Å². The van der Waals surface area contributed by atoms with E-state index in [4.69, 9.17) is 12.6 Å². The molecule has 1 heteroatoms. The number of rotatable bonds is 5. The fraction of sp³-hybridized carbons (Fsp3) is 0.647. The number of benzene rings is 1. The van der Waals surface area contributed by atoms with Crippen LogP contribution in [-0.4, -0.2) is 0 Å². The summed E-state index contributed by atoms with van der Waals surface area (Å²) in [5.41, 5.74) is 2.82. The third-order valence-corrected chi connectivity index (χ3v) is 4.76. The van der Waals surface area contributed by atoms with Gasteiger partial charge in [-0.15, -0.1) is 0 Å². The Bertz CT molecular complexity index is 333. The minimum absolute atomic E-state index is 0.740. The molecule has 1 aliphatic carbocycles. The Labute approximate surface area is 118 Å². The number of unbranched alkanes of at least 4 members (excludes halogenated alkanes) is 1. The molecule has 2 rings (SSSR count). The molecule has 1 saturated carbocycles. The summed E-state index contributed by atoms with van der Waals surface area (Å²) in [6, 6.07) is 9.04. The van der Waals surface area contributed by atoms with E-state index in [2.05, 4.69) is 31.2 Å². The summed E-state index contributed by atoms with van der Waals surface area (Å²) in [6.45, 7) is 2.30. The minimum atomic E-state index is 0.740. The first-order valence-electron chi connectivity index (χ1n) is 7.50. The maximum Gasteiger partial charge on any atom is 0.0288 e. The van der Waals surface area contributed by atoms with Gasteiger partial charge in [0.25, 0.3) is 0 Å². The lowest BCUT2D eigenvalue weighted by molar-refractivity contribution is 0.304. The van der Waals surface area contributed by atoms with Crippen molar-refractivity contribution in [3.63, 3.8) is 0 Å². The van der Waals surface area contributed by atoms with Gasteiger partial charge in [-0.3, -0.25) is 0 Å². The molecule has 0 bridgehead atoms. The minimum Gasteiger partial charge on any atom is -0.0890 e. The second-order valence-electron chi connectivity index (χ2n) is 5.75. The Hall–Kier alpha value is -0.430. The first kappa shape index (κ1) is 14.0. The molecule has 0 N–H and O–H groups in total. The van der Waals surface area contributed by atoms with E-state index in [1.807, 2.05) is 0 Å². The highest BCUT2D eigenvalue weighted by atomic mass is 32.1. The molecular formula is C17H25S. The quantitative estimate of drug-likeness (QED) is 0.624. The molecule has 0 unspecified atom stereocenters. The molecule has 0 atom stereocenters. The molecule has 1 aliphatic rings. The van der Waals surface area contributed by atoms with Crippen LogP contribution in [0.4, 0.5) is 0 Å². The highest BCUT2D eigenvalue weighted by Gasteiger charge is 2.21. The fourth-order valence-electron chi connectivity index (χ4n) is 3.16. The lowest BCUT2D eigenvalue weighted by Crippen LogP contribution is -2.13. The summed E-state index contributed by atoms with van der Waals surface area (Å²) < 4.78 is 0. The summed E-state index contributed by atoms with van der Waals surface area (Å²) in [4.78, 5) is 0. The van der Waals surface area contributed by atoms with Crippen molar-refractivity contribution in [3.05, 3.63) is 35.4 Å². The lowest BCUT2D eigenvalue weighted by Gasteiger charge is -2.28. The first-order valence-corrected chi connectivity index (χ1v) is 8.08. The maximum atomic E-state index is 5.07. The molecule has 1 aromatic carbocycles. The Morgan fingerprint density at radius 2 is 1.72 bits per heavy atom. The topological polar surface area (TPSA) is 0 Å².